The summed E-state index contributed by atoms with van der Waals surface area (Å²) in [6, 6.07) is 6.61. The highest BCUT2D eigenvalue weighted by molar-refractivity contribution is 6.32. The van der Waals surface area contributed by atoms with Crippen LogP contribution in [0.15, 0.2) is 23.8 Å². The maximum Gasteiger partial charge on any atom is 0.262 e. The van der Waals surface area contributed by atoms with Gasteiger partial charge in [-0.05, 0) is 36.6 Å². The molecule has 0 fully saturated rings. The van der Waals surface area contributed by atoms with Crippen molar-refractivity contribution in [1.82, 2.24) is 5.32 Å². The molecule has 0 aromatic heterocycles. The first-order valence-corrected chi connectivity index (χ1v) is 9.27. The highest BCUT2D eigenvalue weighted by atomic mass is 35.5. The van der Waals surface area contributed by atoms with Gasteiger partial charge >= 0.3 is 0 Å². The van der Waals surface area contributed by atoms with Gasteiger partial charge in [-0.25, -0.2) is 0 Å². The molecule has 0 heterocycles. The average molecular weight is 363 g/mol. The molecule has 0 atom stereocenters. The van der Waals surface area contributed by atoms with E-state index in [0.29, 0.717) is 17.7 Å². The van der Waals surface area contributed by atoms with Crippen molar-refractivity contribution in [1.29, 1.82) is 5.26 Å². The van der Waals surface area contributed by atoms with Gasteiger partial charge in [-0.15, -0.1) is 0 Å². The zero-order valence-electron chi connectivity index (χ0n) is 15.1. The minimum absolute atomic E-state index is 0.0277. The van der Waals surface area contributed by atoms with Crippen LogP contribution in [-0.2, 0) is 4.79 Å². The lowest BCUT2D eigenvalue weighted by molar-refractivity contribution is -0.117. The highest BCUT2D eigenvalue weighted by Crippen LogP contribution is 2.28. The number of benzene rings is 1. The number of halogens is 1. The summed E-state index contributed by atoms with van der Waals surface area (Å²) in [5.41, 5.74) is 1.26. The van der Waals surface area contributed by atoms with Crippen LogP contribution in [0.2, 0.25) is 5.02 Å². The SMILES string of the molecule is CCCCCCCCCNC(=O)/C(C#N)=C(\C)c1ccc(O)c(Cl)c1. The van der Waals surface area contributed by atoms with Gasteiger partial charge in [0.1, 0.15) is 17.4 Å². The summed E-state index contributed by atoms with van der Waals surface area (Å²) in [6.45, 7) is 4.47. The fourth-order valence-corrected chi connectivity index (χ4v) is 2.74. The lowest BCUT2D eigenvalue weighted by Crippen LogP contribution is -2.26. The predicted molar refractivity (Wildman–Crippen MR) is 102 cm³/mol. The van der Waals surface area contributed by atoms with E-state index in [2.05, 4.69) is 12.2 Å². The first kappa shape index (κ1) is 21.1. The van der Waals surface area contributed by atoms with Crippen molar-refractivity contribution in [2.45, 2.75) is 58.8 Å². The van der Waals surface area contributed by atoms with Crippen molar-refractivity contribution in [3.8, 4) is 11.8 Å². The molecule has 0 aliphatic carbocycles. The number of aromatic hydroxyl groups is 1. The van der Waals surface area contributed by atoms with Gasteiger partial charge in [-0.2, -0.15) is 5.26 Å². The number of carbonyl (C=O) groups excluding carboxylic acids is 1. The number of nitrogens with one attached hydrogen (secondary N) is 1. The summed E-state index contributed by atoms with van der Waals surface area (Å²) in [4.78, 5) is 12.2. The van der Waals surface area contributed by atoms with Gasteiger partial charge in [0.25, 0.3) is 5.91 Å². The molecule has 0 bridgehead atoms. The second kappa shape index (κ2) is 11.5. The summed E-state index contributed by atoms with van der Waals surface area (Å²) in [5.74, 6) is -0.393. The summed E-state index contributed by atoms with van der Waals surface area (Å²) in [7, 11) is 0. The van der Waals surface area contributed by atoms with E-state index in [1.165, 1.54) is 38.2 Å². The van der Waals surface area contributed by atoms with E-state index >= 15 is 0 Å². The van der Waals surface area contributed by atoms with Gasteiger partial charge in [0.15, 0.2) is 0 Å². The second-order valence-corrected chi connectivity index (χ2v) is 6.56. The molecule has 1 aromatic carbocycles. The lowest BCUT2D eigenvalue weighted by atomic mass is 10.0. The van der Waals surface area contributed by atoms with Crippen molar-refractivity contribution in [3.63, 3.8) is 0 Å². The molecule has 2 N–H and O–H groups in total. The number of nitriles is 1. The van der Waals surface area contributed by atoms with Crippen LogP contribution in [-0.4, -0.2) is 17.6 Å². The van der Waals surface area contributed by atoms with Crippen molar-refractivity contribution < 1.29 is 9.90 Å². The molecule has 0 unspecified atom stereocenters. The maximum atomic E-state index is 12.2. The lowest BCUT2D eigenvalue weighted by Gasteiger charge is -2.09. The van der Waals surface area contributed by atoms with Crippen molar-refractivity contribution >= 4 is 23.1 Å². The Balaban J connectivity index is 2.53. The number of unbranched alkanes of at least 4 members (excludes halogenated alkanes) is 6. The molecule has 1 amide bonds. The minimum Gasteiger partial charge on any atom is -0.506 e. The molecule has 136 valence electrons. The Morgan fingerprint density at radius 3 is 2.44 bits per heavy atom. The third kappa shape index (κ3) is 7.19. The zero-order valence-corrected chi connectivity index (χ0v) is 15.8. The van der Waals surface area contributed by atoms with Crippen LogP contribution in [0.4, 0.5) is 0 Å². The molecule has 25 heavy (non-hydrogen) atoms. The van der Waals surface area contributed by atoms with Crippen LogP contribution in [0, 0.1) is 11.3 Å². The number of hydrogen-bond donors (Lipinski definition) is 2. The van der Waals surface area contributed by atoms with Gasteiger partial charge in [0.05, 0.1) is 5.02 Å². The van der Waals surface area contributed by atoms with Crippen molar-refractivity contribution in [3.05, 3.63) is 34.4 Å². The Bertz CT molecular complexity index is 648. The number of hydrogen-bond acceptors (Lipinski definition) is 3. The number of carbonyl (C=O) groups is 1. The van der Waals surface area contributed by atoms with E-state index in [0.717, 1.165) is 12.8 Å². The number of rotatable bonds is 10. The van der Waals surface area contributed by atoms with Gasteiger partial charge in [-0.3, -0.25) is 4.79 Å². The number of nitrogens with zero attached hydrogens (tertiary/aromatic N) is 1. The Hall–Kier alpha value is -1.99. The fourth-order valence-electron chi connectivity index (χ4n) is 2.56. The smallest absolute Gasteiger partial charge is 0.262 e. The predicted octanol–water partition coefficient (Wildman–Crippen LogP) is 5.21. The van der Waals surface area contributed by atoms with Crippen LogP contribution < -0.4 is 5.32 Å². The molecule has 0 radical (unpaired) electrons. The first-order valence-electron chi connectivity index (χ1n) is 8.89. The topological polar surface area (TPSA) is 73.1 Å². The molecule has 0 saturated carbocycles. The molecule has 4 nitrogen and oxygen atoms in total. The monoisotopic (exact) mass is 362 g/mol. The molecule has 1 aromatic rings. The van der Waals surface area contributed by atoms with Crippen LogP contribution >= 0.6 is 11.6 Å². The third-order valence-electron chi connectivity index (χ3n) is 4.16. The van der Waals surface area contributed by atoms with Crippen LogP contribution in [0.3, 0.4) is 0 Å². The van der Waals surface area contributed by atoms with Crippen LogP contribution in [0.1, 0.15) is 64.4 Å². The van der Waals surface area contributed by atoms with Gasteiger partial charge in [0, 0.05) is 6.54 Å². The average Bonchev–Trinajstić information content (AvgIpc) is 2.60. The largest absolute Gasteiger partial charge is 0.506 e. The van der Waals surface area contributed by atoms with E-state index in [-0.39, 0.29) is 22.3 Å². The van der Waals surface area contributed by atoms with E-state index < -0.39 is 0 Å². The zero-order chi connectivity index (χ0) is 18.7. The molecule has 0 aliphatic heterocycles. The van der Waals surface area contributed by atoms with Crippen LogP contribution in [0.5, 0.6) is 5.75 Å². The molecule has 0 spiro atoms. The molecule has 0 saturated heterocycles. The summed E-state index contributed by atoms with van der Waals surface area (Å²) in [5, 5.41) is 21.8. The van der Waals surface area contributed by atoms with Crippen molar-refractivity contribution in [2.24, 2.45) is 0 Å². The first-order chi connectivity index (χ1) is 12.0. The molecule has 0 aliphatic rings. The van der Waals surface area contributed by atoms with Gasteiger partial charge < -0.3 is 10.4 Å². The number of phenolic OH excluding ortho intramolecular Hbond substituents is 1. The molecular formula is C20H27ClN2O2. The van der Waals surface area contributed by atoms with Crippen LogP contribution in [0.25, 0.3) is 5.57 Å². The number of amides is 1. The summed E-state index contributed by atoms with van der Waals surface area (Å²) < 4.78 is 0. The van der Waals surface area contributed by atoms with E-state index in [4.69, 9.17) is 11.6 Å². The number of allylic oxidation sites excluding steroid dienone is 1. The van der Waals surface area contributed by atoms with Crippen molar-refractivity contribution in [2.75, 3.05) is 6.54 Å². The van der Waals surface area contributed by atoms with E-state index in [1.807, 2.05) is 6.07 Å². The number of phenols is 1. The maximum absolute atomic E-state index is 12.2. The molecule has 1 rings (SSSR count). The van der Waals surface area contributed by atoms with Gasteiger partial charge in [0.2, 0.25) is 0 Å². The quantitative estimate of drug-likeness (QED) is 0.341. The fraction of sp³-hybridized carbons (Fsp3) is 0.500. The summed E-state index contributed by atoms with van der Waals surface area (Å²) >= 11 is 5.89. The Labute approximate surface area is 155 Å². The Morgan fingerprint density at radius 2 is 1.84 bits per heavy atom. The Morgan fingerprint density at radius 1 is 1.20 bits per heavy atom. The van der Waals surface area contributed by atoms with E-state index in [9.17, 15) is 15.2 Å². The minimum atomic E-state index is -0.366. The second-order valence-electron chi connectivity index (χ2n) is 6.16. The normalized spacial score (nSPS) is 11.6. The summed E-state index contributed by atoms with van der Waals surface area (Å²) in [6.07, 6.45) is 8.23. The third-order valence-corrected chi connectivity index (χ3v) is 4.46. The molecule has 5 heteroatoms. The standard InChI is InChI=1S/C20H27ClN2O2/c1-3-4-5-6-7-8-9-12-23-20(25)17(14-22)15(2)16-10-11-19(24)18(21)13-16/h10-11,13,24H,3-9,12H2,1-2H3,(H,23,25)/b17-15+. The van der Waals surface area contributed by atoms with E-state index in [1.54, 1.807) is 19.1 Å². The van der Waals surface area contributed by atoms with Gasteiger partial charge in [-0.1, -0.05) is 63.1 Å². The Kier molecular flexibility index (Phi) is 9.72. The highest BCUT2D eigenvalue weighted by Gasteiger charge is 2.14. The molecular weight excluding hydrogens is 336 g/mol.